The first-order valence-electron chi connectivity index (χ1n) is 8.75. The van der Waals surface area contributed by atoms with Crippen molar-refractivity contribution in [1.82, 2.24) is 0 Å². The number of para-hydroxylation sites is 1. The number of amides is 2. The summed E-state index contributed by atoms with van der Waals surface area (Å²) in [4.78, 5) is 29.1. The maximum absolute atomic E-state index is 13.1. The third kappa shape index (κ3) is 3.43. The molecule has 2 amide bonds. The third-order valence-corrected chi connectivity index (χ3v) is 4.78. The predicted octanol–water partition coefficient (Wildman–Crippen LogP) is 3.71. The van der Waals surface area contributed by atoms with Crippen LogP contribution in [0.1, 0.15) is 24.5 Å². The van der Waals surface area contributed by atoms with Crippen molar-refractivity contribution in [3.8, 4) is 0 Å². The number of carbonyl (C=O) groups excluding carboxylic acids is 2. The van der Waals surface area contributed by atoms with Crippen molar-refractivity contribution in [1.29, 1.82) is 0 Å². The summed E-state index contributed by atoms with van der Waals surface area (Å²) < 4.78 is 0. The molecule has 130 valence electrons. The van der Waals surface area contributed by atoms with Crippen LogP contribution in [0.15, 0.2) is 48.5 Å². The summed E-state index contributed by atoms with van der Waals surface area (Å²) in [5.74, 6) is -0.252. The maximum Gasteiger partial charge on any atom is 0.232 e. The van der Waals surface area contributed by atoms with Crippen LogP contribution in [0.5, 0.6) is 0 Å². The van der Waals surface area contributed by atoms with E-state index in [2.05, 4.69) is 0 Å². The molecule has 4 heteroatoms. The molecule has 0 saturated carbocycles. The van der Waals surface area contributed by atoms with Crippen LogP contribution in [0.25, 0.3) is 0 Å². The van der Waals surface area contributed by atoms with Gasteiger partial charge in [0.1, 0.15) is 0 Å². The number of hydrogen-bond acceptors (Lipinski definition) is 2. The minimum absolute atomic E-state index is 0.0183. The molecule has 3 rings (SSSR count). The summed E-state index contributed by atoms with van der Waals surface area (Å²) in [7, 11) is 0. The van der Waals surface area contributed by atoms with E-state index in [1.54, 1.807) is 9.80 Å². The predicted molar refractivity (Wildman–Crippen MR) is 101 cm³/mol. The van der Waals surface area contributed by atoms with E-state index in [1.807, 2.05) is 69.3 Å². The van der Waals surface area contributed by atoms with Crippen LogP contribution in [0.3, 0.4) is 0 Å². The molecule has 25 heavy (non-hydrogen) atoms. The smallest absolute Gasteiger partial charge is 0.232 e. The van der Waals surface area contributed by atoms with Crippen LogP contribution < -0.4 is 9.80 Å². The Labute approximate surface area is 149 Å². The molecule has 0 radical (unpaired) electrons. The normalized spacial score (nSPS) is 17.0. The molecule has 1 saturated heterocycles. The van der Waals surface area contributed by atoms with E-state index < -0.39 is 0 Å². The Bertz CT molecular complexity index is 800. The quantitative estimate of drug-likeness (QED) is 0.854. The molecule has 1 aliphatic rings. The molecule has 0 bridgehead atoms. The van der Waals surface area contributed by atoms with Crippen molar-refractivity contribution in [2.45, 2.75) is 27.2 Å². The van der Waals surface area contributed by atoms with Crippen LogP contribution in [0, 0.1) is 19.8 Å². The molecule has 2 aromatic carbocycles. The lowest BCUT2D eigenvalue weighted by Crippen LogP contribution is -2.37. The van der Waals surface area contributed by atoms with Gasteiger partial charge in [-0.2, -0.15) is 0 Å². The number of hydrogen-bond donors (Lipinski definition) is 0. The molecular weight excluding hydrogens is 312 g/mol. The van der Waals surface area contributed by atoms with Crippen molar-refractivity contribution in [3.05, 3.63) is 59.7 Å². The zero-order valence-electron chi connectivity index (χ0n) is 15.0. The minimum Gasteiger partial charge on any atom is -0.312 e. The van der Waals surface area contributed by atoms with Crippen molar-refractivity contribution >= 4 is 23.2 Å². The zero-order chi connectivity index (χ0) is 18.0. The summed E-state index contributed by atoms with van der Waals surface area (Å²) in [5.41, 5.74) is 3.98. The lowest BCUT2D eigenvalue weighted by Gasteiger charge is -2.26. The van der Waals surface area contributed by atoms with Gasteiger partial charge in [-0.25, -0.2) is 0 Å². The Morgan fingerprint density at radius 1 is 1.16 bits per heavy atom. The molecule has 1 unspecified atom stereocenters. The minimum atomic E-state index is -0.299. The van der Waals surface area contributed by atoms with E-state index in [-0.39, 0.29) is 24.2 Å². The standard InChI is InChI=1S/C21H24N2O2/c1-4-22(19-11-6-5-9-16(19)3)21(25)17-13-20(24)23(14-17)18-10-7-8-15(2)12-18/h5-12,17H,4,13-14H2,1-3H3. The molecule has 0 aliphatic carbocycles. The third-order valence-electron chi connectivity index (χ3n) is 4.78. The molecule has 0 spiro atoms. The summed E-state index contributed by atoms with van der Waals surface area (Å²) in [6, 6.07) is 15.7. The van der Waals surface area contributed by atoms with Crippen LogP contribution >= 0.6 is 0 Å². The second-order valence-corrected chi connectivity index (χ2v) is 6.61. The van der Waals surface area contributed by atoms with Crippen molar-refractivity contribution in [3.63, 3.8) is 0 Å². The topological polar surface area (TPSA) is 40.6 Å². The van der Waals surface area contributed by atoms with Gasteiger partial charge in [-0.15, -0.1) is 0 Å². The highest BCUT2D eigenvalue weighted by Crippen LogP contribution is 2.29. The van der Waals surface area contributed by atoms with E-state index >= 15 is 0 Å². The van der Waals surface area contributed by atoms with E-state index in [4.69, 9.17) is 0 Å². The number of benzene rings is 2. The average Bonchev–Trinajstić information content (AvgIpc) is 2.99. The van der Waals surface area contributed by atoms with Gasteiger partial charge in [-0.05, 0) is 50.1 Å². The monoisotopic (exact) mass is 336 g/mol. The fourth-order valence-electron chi connectivity index (χ4n) is 3.45. The van der Waals surface area contributed by atoms with E-state index in [1.165, 1.54) is 0 Å². The van der Waals surface area contributed by atoms with Gasteiger partial charge < -0.3 is 9.80 Å². The first-order chi connectivity index (χ1) is 12.0. The summed E-state index contributed by atoms with van der Waals surface area (Å²) in [6.07, 6.45) is 0.273. The van der Waals surface area contributed by atoms with Gasteiger partial charge in [-0.3, -0.25) is 9.59 Å². The molecule has 0 N–H and O–H groups in total. The second kappa shape index (κ2) is 7.09. The molecule has 1 fully saturated rings. The SMILES string of the molecule is CCN(C(=O)C1CC(=O)N(c2cccc(C)c2)C1)c1ccccc1C. The summed E-state index contributed by atoms with van der Waals surface area (Å²) in [5, 5.41) is 0. The molecule has 1 heterocycles. The first-order valence-corrected chi connectivity index (χ1v) is 8.75. The van der Waals surface area contributed by atoms with Gasteiger partial charge in [0.05, 0.1) is 5.92 Å². The lowest BCUT2D eigenvalue weighted by atomic mass is 10.1. The number of aryl methyl sites for hydroxylation is 2. The molecule has 1 aliphatic heterocycles. The zero-order valence-corrected chi connectivity index (χ0v) is 15.0. The van der Waals surface area contributed by atoms with Crippen LogP contribution in [0.2, 0.25) is 0 Å². The molecule has 4 nitrogen and oxygen atoms in total. The maximum atomic E-state index is 13.1. The van der Waals surface area contributed by atoms with Crippen LogP contribution in [-0.2, 0) is 9.59 Å². The molecule has 0 aromatic heterocycles. The highest BCUT2D eigenvalue weighted by molar-refractivity contribution is 6.04. The highest BCUT2D eigenvalue weighted by atomic mass is 16.2. The van der Waals surface area contributed by atoms with Crippen molar-refractivity contribution in [2.75, 3.05) is 22.9 Å². The highest BCUT2D eigenvalue weighted by Gasteiger charge is 2.37. The van der Waals surface area contributed by atoms with Gasteiger partial charge in [0, 0.05) is 30.9 Å². The molecule has 1 atom stereocenters. The Morgan fingerprint density at radius 3 is 2.60 bits per heavy atom. The fourth-order valence-corrected chi connectivity index (χ4v) is 3.45. The largest absolute Gasteiger partial charge is 0.312 e. The van der Waals surface area contributed by atoms with Gasteiger partial charge >= 0.3 is 0 Å². The number of rotatable bonds is 4. The van der Waals surface area contributed by atoms with Crippen LogP contribution in [0.4, 0.5) is 11.4 Å². The van der Waals surface area contributed by atoms with Gasteiger partial charge in [-0.1, -0.05) is 30.3 Å². The van der Waals surface area contributed by atoms with Crippen LogP contribution in [-0.4, -0.2) is 24.9 Å². The lowest BCUT2D eigenvalue weighted by molar-refractivity contribution is -0.124. The molecule has 2 aromatic rings. The summed E-state index contributed by atoms with van der Waals surface area (Å²) in [6.45, 7) is 7.02. The average molecular weight is 336 g/mol. The van der Waals surface area contributed by atoms with Crippen molar-refractivity contribution < 1.29 is 9.59 Å². The first kappa shape index (κ1) is 17.2. The Hall–Kier alpha value is -2.62. The van der Waals surface area contributed by atoms with Gasteiger partial charge in [0.15, 0.2) is 0 Å². The Kier molecular flexibility index (Phi) is 4.88. The fraction of sp³-hybridized carbons (Fsp3) is 0.333. The van der Waals surface area contributed by atoms with E-state index in [0.29, 0.717) is 13.1 Å². The van der Waals surface area contributed by atoms with Crippen molar-refractivity contribution in [2.24, 2.45) is 5.92 Å². The number of carbonyl (C=O) groups is 2. The number of nitrogens with zero attached hydrogens (tertiary/aromatic N) is 2. The van der Waals surface area contributed by atoms with E-state index in [9.17, 15) is 9.59 Å². The second-order valence-electron chi connectivity index (χ2n) is 6.61. The van der Waals surface area contributed by atoms with Gasteiger partial charge in [0.25, 0.3) is 0 Å². The Morgan fingerprint density at radius 2 is 1.92 bits per heavy atom. The van der Waals surface area contributed by atoms with Gasteiger partial charge in [0.2, 0.25) is 11.8 Å². The van der Waals surface area contributed by atoms with E-state index in [0.717, 1.165) is 22.5 Å². The Balaban J connectivity index is 1.81. The molecular formula is C21H24N2O2. The summed E-state index contributed by atoms with van der Waals surface area (Å²) >= 11 is 0. The number of anilines is 2.